The Kier molecular flexibility index (Phi) is 3.07. The average molecular weight is 249 g/mol. The third kappa shape index (κ3) is 2.25. The van der Waals surface area contributed by atoms with Gasteiger partial charge < -0.3 is 10.2 Å². The van der Waals surface area contributed by atoms with Crippen LogP contribution in [0.1, 0.15) is 11.1 Å². The maximum Gasteiger partial charge on any atom is 0.0902 e. The molecule has 2 nitrogen and oxygen atoms in total. The van der Waals surface area contributed by atoms with Crippen molar-refractivity contribution < 1.29 is 4.42 Å². The quantitative estimate of drug-likeness (QED) is 0.476. The first-order valence-electron chi connectivity index (χ1n) is 6.29. The normalized spacial score (nSPS) is 11.2. The highest BCUT2D eigenvalue weighted by atomic mass is 16.3. The van der Waals surface area contributed by atoms with Crippen LogP contribution in [-0.2, 0) is 6.42 Å². The van der Waals surface area contributed by atoms with Gasteiger partial charge in [-0.15, -0.1) is 0 Å². The van der Waals surface area contributed by atoms with Gasteiger partial charge in [-0.2, -0.15) is 0 Å². The summed E-state index contributed by atoms with van der Waals surface area (Å²) in [6.07, 6.45) is 4.27. The number of nitrogen functional groups attached to an aromatic ring is 1. The van der Waals surface area contributed by atoms with Gasteiger partial charge in [-0.25, -0.2) is 0 Å². The van der Waals surface area contributed by atoms with Crippen LogP contribution in [0.5, 0.6) is 0 Å². The smallest absolute Gasteiger partial charge is 0.0902 e. The number of nitrogens with two attached hydrogens (primary N) is 1. The summed E-state index contributed by atoms with van der Waals surface area (Å²) in [6.45, 7) is 0. The van der Waals surface area contributed by atoms with Crippen LogP contribution < -0.4 is 5.73 Å². The third-order valence-electron chi connectivity index (χ3n) is 3.28. The number of fused-ring (bicyclic) bond motifs is 3. The van der Waals surface area contributed by atoms with E-state index in [1.165, 1.54) is 22.3 Å². The molecule has 0 spiro atoms. The number of benzene rings is 2. The number of rotatable bonds is 0. The van der Waals surface area contributed by atoms with E-state index in [0.29, 0.717) is 0 Å². The SMILES string of the molecule is Nc1cccc2c1-c1ccccc1C2.c1ccoc1. The first-order chi connectivity index (χ1) is 9.36. The zero-order valence-electron chi connectivity index (χ0n) is 10.5. The number of hydrogen-bond acceptors (Lipinski definition) is 2. The molecule has 94 valence electrons. The minimum Gasteiger partial charge on any atom is -0.473 e. The lowest BCUT2D eigenvalue weighted by atomic mass is 10.0. The maximum atomic E-state index is 5.99. The maximum absolute atomic E-state index is 5.99. The minimum absolute atomic E-state index is 0.896. The number of furan rings is 1. The van der Waals surface area contributed by atoms with Gasteiger partial charge >= 0.3 is 0 Å². The Morgan fingerprint density at radius 1 is 0.789 bits per heavy atom. The van der Waals surface area contributed by atoms with Crippen LogP contribution >= 0.6 is 0 Å². The summed E-state index contributed by atoms with van der Waals surface area (Å²) in [6, 6.07) is 18.3. The van der Waals surface area contributed by atoms with Gasteiger partial charge in [0.2, 0.25) is 0 Å². The van der Waals surface area contributed by atoms with Gasteiger partial charge in [0.15, 0.2) is 0 Å². The fourth-order valence-corrected chi connectivity index (χ4v) is 2.45. The molecule has 1 heterocycles. The molecule has 0 aliphatic heterocycles. The standard InChI is InChI=1S/C13H11N.C4H4O/c14-12-7-3-5-10-8-9-4-1-2-6-11(9)13(10)12;1-2-4-5-3-1/h1-7H,8,14H2;1-4H. The van der Waals surface area contributed by atoms with Crippen LogP contribution in [-0.4, -0.2) is 0 Å². The van der Waals surface area contributed by atoms with E-state index in [1.54, 1.807) is 12.5 Å². The van der Waals surface area contributed by atoms with Gasteiger partial charge in [0.05, 0.1) is 12.5 Å². The Morgan fingerprint density at radius 2 is 1.53 bits per heavy atom. The van der Waals surface area contributed by atoms with Gasteiger partial charge in [-0.05, 0) is 41.3 Å². The monoisotopic (exact) mass is 249 g/mol. The summed E-state index contributed by atoms with van der Waals surface area (Å²) in [5.41, 5.74) is 12.2. The van der Waals surface area contributed by atoms with Gasteiger partial charge in [-0.1, -0.05) is 36.4 Å². The predicted octanol–water partition coefficient (Wildman–Crippen LogP) is 4.12. The minimum atomic E-state index is 0.896. The zero-order chi connectivity index (χ0) is 13.1. The van der Waals surface area contributed by atoms with Crippen molar-refractivity contribution in [2.45, 2.75) is 6.42 Å². The Bertz CT molecular complexity index is 654. The van der Waals surface area contributed by atoms with E-state index in [-0.39, 0.29) is 0 Å². The van der Waals surface area contributed by atoms with Crippen molar-refractivity contribution in [3.63, 3.8) is 0 Å². The van der Waals surface area contributed by atoms with E-state index in [2.05, 4.69) is 34.7 Å². The lowest BCUT2D eigenvalue weighted by Crippen LogP contribution is -1.89. The molecule has 0 radical (unpaired) electrons. The topological polar surface area (TPSA) is 39.2 Å². The molecule has 0 saturated heterocycles. The van der Waals surface area contributed by atoms with Gasteiger partial charge in [0, 0.05) is 11.3 Å². The summed E-state index contributed by atoms with van der Waals surface area (Å²) in [5, 5.41) is 0. The zero-order valence-corrected chi connectivity index (χ0v) is 10.5. The first-order valence-corrected chi connectivity index (χ1v) is 6.29. The molecule has 0 bridgehead atoms. The molecule has 19 heavy (non-hydrogen) atoms. The Balaban J connectivity index is 0.000000187. The van der Waals surface area contributed by atoms with Gasteiger partial charge in [-0.3, -0.25) is 0 Å². The molecule has 4 rings (SSSR count). The Morgan fingerprint density at radius 3 is 2.26 bits per heavy atom. The molecule has 2 aromatic carbocycles. The van der Waals surface area contributed by atoms with Crippen LogP contribution in [0, 0.1) is 0 Å². The first kappa shape index (κ1) is 11.6. The van der Waals surface area contributed by atoms with E-state index in [0.717, 1.165) is 12.1 Å². The molecule has 1 aliphatic carbocycles. The van der Waals surface area contributed by atoms with E-state index in [9.17, 15) is 0 Å². The molecular formula is C17H15NO. The van der Waals surface area contributed by atoms with Crippen molar-refractivity contribution in [1.29, 1.82) is 0 Å². The number of hydrogen-bond donors (Lipinski definition) is 1. The molecule has 3 aromatic rings. The Labute approximate surface area is 112 Å². The van der Waals surface area contributed by atoms with Crippen molar-refractivity contribution >= 4 is 5.69 Å². The second-order valence-electron chi connectivity index (χ2n) is 4.51. The second kappa shape index (κ2) is 5.02. The average Bonchev–Trinajstić information content (AvgIpc) is 3.10. The Hall–Kier alpha value is -2.48. The molecule has 1 aliphatic rings. The van der Waals surface area contributed by atoms with Crippen LogP contribution in [0.2, 0.25) is 0 Å². The summed E-state index contributed by atoms with van der Waals surface area (Å²) in [7, 11) is 0. The fourth-order valence-electron chi connectivity index (χ4n) is 2.45. The second-order valence-corrected chi connectivity index (χ2v) is 4.51. The highest BCUT2D eigenvalue weighted by Gasteiger charge is 2.18. The van der Waals surface area contributed by atoms with Crippen LogP contribution in [0.15, 0.2) is 71.5 Å². The molecule has 0 saturated carbocycles. The van der Waals surface area contributed by atoms with Crippen LogP contribution in [0.3, 0.4) is 0 Å². The van der Waals surface area contributed by atoms with Crippen molar-refractivity contribution in [3.05, 3.63) is 78.3 Å². The largest absolute Gasteiger partial charge is 0.473 e. The van der Waals surface area contributed by atoms with Crippen LogP contribution in [0.25, 0.3) is 11.1 Å². The highest BCUT2D eigenvalue weighted by molar-refractivity contribution is 5.85. The van der Waals surface area contributed by atoms with E-state index < -0.39 is 0 Å². The lowest BCUT2D eigenvalue weighted by Gasteiger charge is -2.03. The highest BCUT2D eigenvalue weighted by Crippen LogP contribution is 2.39. The van der Waals surface area contributed by atoms with Crippen LogP contribution in [0.4, 0.5) is 5.69 Å². The van der Waals surface area contributed by atoms with E-state index in [1.807, 2.05) is 24.3 Å². The fraction of sp³-hybridized carbons (Fsp3) is 0.0588. The molecule has 1 aromatic heterocycles. The molecule has 2 N–H and O–H groups in total. The van der Waals surface area contributed by atoms with Gasteiger partial charge in [0.25, 0.3) is 0 Å². The van der Waals surface area contributed by atoms with E-state index in [4.69, 9.17) is 5.73 Å². The summed E-state index contributed by atoms with van der Waals surface area (Å²) >= 11 is 0. The number of anilines is 1. The predicted molar refractivity (Wildman–Crippen MR) is 77.8 cm³/mol. The van der Waals surface area contributed by atoms with Crippen molar-refractivity contribution in [2.24, 2.45) is 0 Å². The van der Waals surface area contributed by atoms with Gasteiger partial charge in [0.1, 0.15) is 0 Å². The molecule has 0 amide bonds. The van der Waals surface area contributed by atoms with E-state index >= 15 is 0 Å². The van der Waals surface area contributed by atoms with Crippen molar-refractivity contribution in [1.82, 2.24) is 0 Å². The summed E-state index contributed by atoms with van der Waals surface area (Å²) in [5.74, 6) is 0. The summed E-state index contributed by atoms with van der Waals surface area (Å²) in [4.78, 5) is 0. The van der Waals surface area contributed by atoms with Crippen molar-refractivity contribution in [3.8, 4) is 11.1 Å². The summed E-state index contributed by atoms with van der Waals surface area (Å²) < 4.78 is 4.58. The molecule has 0 fully saturated rings. The molecule has 2 heteroatoms. The lowest BCUT2D eigenvalue weighted by molar-refractivity contribution is 0.567. The molecule has 0 atom stereocenters. The molecular weight excluding hydrogens is 234 g/mol. The molecule has 0 unspecified atom stereocenters. The van der Waals surface area contributed by atoms with Crippen molar-refractivity contribution in [2.75, 3.05) is 5.73 Å². The third-order valence-corrected chi connectivity index (χ3v) is 3.28.